The molecule has 0 bridgehead atoms. The lowest BCUT2D eigenvalue weighted by Crippen LogP contribution is -2.50. The van der Waals surface area contributed by atoms with E-state index in [4.69, 9.17) is 21.2 Å². The van der Waals surface area contributed by atoms with E-state index < -0.39 is 35.4 Å². The first-order chi connectivity index (χ1) is 18.5. The van der Waals surface area contributed by atoms with E-state index in [2.05, 4.69) is 10.8 Å². The Morgan fingerprint density at radius 3 is 2.46 bits per heavy atom. The second kappa shape index (κ2) is 12.0. The predicted molar refractivity (Wildman–Crippen MR) is 147 cm³/mol. The van der Waals surface area contributed by atoms with E-state index in [1.165, 1.54) is 28.8 Å². The first-order valence-electron chi connectivity index (χ1n) is 12.0. The molecule has 0 unspecified atom stereocenters. The minimum Gasteiger partial charge on any atom is -0.444 e. The number of hydroxylamine groups is 1. The Balaban J connectivity index is 1.65. The van der Waals surface area contributed by atoms with Gasteiger partial charge in [-0.3, -0.25) is 9.59 Å². The number of fused-ring (bicyclic) bond motifs is 1. The molecule has 0 radical (unpaired) electrons. The monoisotopic (exact) mass is 571 g/mol. The van der Waals surface area contributed by atoms with Crippen LogP contribution in [0.1, 0.15) is 36.7 Å². The highest BCUT2D eigenvalue weighted by molar-refractivity contribution is 7.99. The van der Waals surface area contributed by atoms with Gasteiger partial charge in [0, 0.05) is 15.7 Å². The number of para-hydroxylation sites is 1. The normalized spacial score (nSPS) is 15.2. The molecular weight excluding hydrogens is 545 g/mol. The van der Waals surface area contributed by atoms with Crippen LogP contribution in [0.5, 0.6) is 5.75 Å². The van der Waals surface area contributed by atoms with Crippen molar-refractivity contribution in [3.8, 4) is 5.75 Å². The molecule has 11 heteroatoms. The molecule has 1 aliphatic rings. The van der Waals surface area contributed by atoms with Crippen molar-refractivity contribution in [1.29, 1.82) is 0 Å². The van der Waals surface area contributed by atoms with Crippen LogP contribution in [0, 0.1) is 5.82 Å². The van der Waals surface area contributed by atoms with E-state index in [1.807, 2.05) is 0 Å². The molecule has 3 amide bonds. The van der Waals surface area contributed by atoms with E-state index in [9.17, 15) is 14.4 Å². The number of hydrogen-bond donors (Lipinski definition) is 2. The fourth-order valence-corrected chi connectivity index (χ4v) is 4.93. The molecule has 3 aromatic carbocycles. The van der Waals surface area contributed by atoms with Gasteiger partial charge in [-0.15, -0.1) is 11.8 Å². The summed E-state index contributed by atoms with van der Waals surface area (Å²) in [7, 11) is 0. The summed E-state index contributed by atoms with van der Waals surface area (Å²) in [6.45, 7) is 5.24. The highest BCUT2D eigenvalue weighted by Crippen LogP contribution is 2.37. The molecule has 0 saturated heterocycles. The van der Waals surface area contributed by atoms with Crippen LogP contribution in [-0.2, 0) is 16.1 Å². The average Bonchev–Trinajstić information content (AvgIpc) is 2.99. The number of hydrogen-bond acceptors (Lipinski definition) is 6. The zero-order valence-corrected chi connectivity index (χ0v) is 23.1. The lowest BCUT2D eigenvalue weighted by atomic mass is 10.1. The molecule has 204 valence electrons. The third kappa shape index (κ3) is 7.42. The van der Waals surface area contributed by atoms with Crippen molar-refractivity contribution in [2.24, 2.45) is 0 Å². The summed E-state index contributed by atoms with van der Waals surface area (Å²) < 4.78 is 20.5. The van der Waals surface area contributed by atoms with Crippen molar-refractivity contribution in [1.82, 2.24) is 10.8 Å². The van der Waals surface area contributed by atoms with Crippen molar-refractivity contribution in [3.05, 3.63) is 88.7 Å². The van der Waals surface area contributed by atoms with Gasteiger partial charge in [-0.2, -0.15) is 5.48 Å². The molecule has 0 saturated carbocycles. The maximum absolute atomic E-state index is 15.1. The Labute approximate surface area is 234 Å². The minimum absolute atomic E-state index is 0.0866. The first-order valence-corrected chi connectivity index (χ1v) is 13.4. The van der Waals surface area contributed by atoms with Gasteiger partial charge in [0.25, 0.3) is 11.8 Å². The van der Waals surface area contributed by atoms with Gasteiger partial charge in [-0.1, -0.05) is 41.9 Å². The van der Waals surface area contributed by atoms with Crippen LogP contribution in [0.3, 0.4) is 0 Å². The summed E-state index contributed by atoms with van der Waals surface area (Å²) in [5, 5.41) is 3.16. The number of amides is 3. The number of nitrogens with zero attached hydrogens (tertiary/aromatic N) is 1. The maximum Gasteiger partial charge on any atom is 0.408 e. The predicted octanol–water partition coefficient (Wildman–Crippen LogP) is 5.74. The maximum atomic E-state index is 15.1. The Kier molecular flexibility index (Phi) is 8.66. The largest absolute Gasteiger partial charge is 0.444 e. The molecular formula is C28H27ClFN3O5S. The molecule has 4 rings (SSSR count). The highest BCUT2D eigenvalue weighted by atomic mass is 35.5. The van der Waals surface area contributed by atoms with Crippen LogP contribution in [0.15, 0.2) is 71.6 Å². The van der Waals surface area contributed by atoms with Gasteiger partial charge in [-0.05, 0) is 62.7 Å². The molecule has 1 atom stereocenters. The van der Waals surface area contributed by atoms with E-state index in [1.54, 1.807) is 75.4 Å². The lowest BCUT2D eigenvalue weighted by molar-refractivity contribution is -0.120. The van der Waals surface area contributed by atoms with Crippen LogP contribution in [0.25, 0.3) is 0 Å². The number of carbonyl (C=O) groups excluding carboxylic acids is 3. The molecule has 0 aliphatic carbocycles. The van der Waals surface area contributed by atoms with E-state index in [0.29, 0.717) is 21.4 Å². The molecule has 2 N–H and O–H groups in total. The third-order valence-electron chi connectivity index (χ3n) is 5.50. The standard InChI is InChI=1S/C28H27ClFN3O5S/c1-28(2,3)37-27(36)31-22-16-39-24-14-21(30)20(25(34)32-38-19-7-5-4-6-8-19)13-23(24)33(26(22)35)15-17-9-11-18(29)12-10-17/h4-14,22H,15-16H2,1-3H3,(H,31,36)(H,32,34)/t22-/m0/s1. The number of carbonyl (C=O) groups is 3. The smallest absolute Gasteiger partial charge is 0.408 e. The lowest BCUT2D eigenvalue weighted by Gasteiger charge is -2.27. The van der Waals surface area contributed by atoms with Crippen molar-refractivity contribution in [2.45, 2.75) is 43.9 Å². The Bertz CT molecular complexity index is 1370. The van der Waals surface area contributed by atoms with Gasteiger partial charge in [0.2, 0.25) is 0 Å². The van der Waals surface area contributed by atoms with Gasteiger partial charge in [-0.25, -0.2) is 9.18 Å². The van der Waals surface area contributed by atoms with Crippen molar-refractivity contribution in [2.75, 3.05) is 10.7 Å². The quantitative estimate of drug-likeness (QED) is 0.367. The van der Waals surface area contributed by atoms with Crippen LogP contribution in [0.4, 0.5) is 14.9 Å². The summed E-state index contributed by atoms with van der Waals surface area (Å²) in [4.78, 5) is 46.2. The zero-order chi connectivity index (χ0) is 28.2. The van der Waals surface area contributed by atoms with Gasteiger partial charge in [0.15, 0.2) is 5.75 Å². The summed E-state index contributed by atoms with van der Waals surface area (Å²) in [5.74, 6) is -1.55. The fraction of sp³-hybridized carbons (Fsp3) is 0.250. The number of rotatable bonds is 6. The van der Waals surface area contributed by atoms with Crippen molar-refractivity contribution < 1.29 is 28.3 Å². The highest BCUT2D eigenvalue weighted by Gasteiger charge is 2.34. The molecule has 1 heterocycles. The molecule has 8 nitrogen and oxygen atoms in total. The van der Waals surface area contributed by atoms with Crippen LogP contribution >= 0.6 is 23.4 Å². The van der Waals surface area contributed by atoms with Gasteiger partial charge >= 0.3 is 6.09 Å². The van der Waals surface area contributed by atoms with E-state index >= 15 is 4.39 Å². The number of thioether (sulfide) groups is 1. The number of ether oxygens (including phenoxy) is 1. The number of alkyl carbamates (subject to hydrolysis) is 1. The topological polar surface area (TPSA) is 97.0 Å². The summed E-state index contributed by atoms with van der Waals surface area (Å²) in [5.41, 5.74) is 2.23. The minimum atomic E-state index is -0.966. The summed E-state index contributed by atoms with van der Waals surface area (Å²) in [6, 6.07) is 17.0. The Morgan fingerprint density at radius 2 is 1.79 bits per heavy atom. The van der Waals surface area contributed by atoms with E-state index in [0.717, 1.165) is 5.56 Å². The Morgan fingerprint density at radius 1 is 1.10 bits per heavy atom. The van der Waals surface area contributed by atoms with Crippen molar-refractivity contribution >= 4 is 47.0 Å². The fourth-order valence-electron chi connectivity index (χ4n) is 3.73. The van der Waals surface area contributed by atoms with E-state index in [-0.39, 0.29) is 17.9 Å². The number of nitrogens with one attached hydrogen (secondary N) is 2. The third-order valence-corrected chi connectivity index (χ3v) is 6.89. The van der Waals surface area contributed by atoms with Gasteiger partial charge < -0.3 is 19.8 Å². The molecule has 3 aromatic rings. The van der Waals surface area contributed by atoms with Crippen molar-refractivity contribution in [3.63, 3.8) is 0 Å². The number of anilines is 1. The molecule has 1 aliphatic heterocycles. The summed E-state index contributed by atoms with van der Waals surface area (Å²) >= 11 is 7.21. The SMILES string of the molecule is CC(C)(C)OC(=O)N[C@H]1CSc2cc(F)c(C(=O)NOc3ccccc3)cc2N(Cc2ccc(Cl)cc2)C1=O. The van der Waals surface area contributed by atoms with Gasteiger partial charge in [0.1, 0.15) is 17.5 Å². The number of halogens is 2. The second-order valence-electron chi connectivity index (χ2n) is 9.71. The number of benzene rings is 3. The summed E-state index contributed by atoms with van der Waals surface area (Å²) in [6.07, 6.45) is -0.747. The molecule has 0 spiro atoms. The Hall–Kier alpha value is -3.76. The van der Waals surface area contributed by atoms with Crippen LogP contribution in [0.2, 0.25) is 5.02 Å². The van der Waals surface area contributed by atoms with Crippen LogP contribution < -0.4 is 20.5 Å². The second-order valence-corrected chi connectivity index (χ2v) is 11.2. The van der Waals surface area contributed by atoms with Gasteiger partial charge in [0.05, 0.1) is 17.8 Å². The molecule has 39 heavy (non-hydrogen) atoms. The zero-order valence-electron chi connectivity index (χ0n) is 21.5. The first kappa shape index (κ1) is 28.3. The molecule has 0 aromatic heterocycles. The van der Waals surface area contributed by atoms with Crippen LogP contribution in [-0.4, -0.2) is 35.3 Å². The average molecular weight is 572 g/mol. The molecule has 0 fully saturated rings.